The van der Waals surface area contributed by atoms with Gasteiger partial charge in [-0.2, -0.15) is 0 Å². The average molecular weight is 283 g/mol. The van der Waals surface area contributed by atoms with Crippen molar-refractivity contribution >= 4 is 15.8 Å². The van der Waals surface area contributed by atoms with Gasteiger partial charge >= 0.3 is 0 Å². The first-order chi connectivity index (χ1) is 8.80. The van der Waals surface area contributed by atoms with Gasteiger partial charge in [0.15, 0.2) is 0 Å². The number of Topliss-reactive ketones (excluding diaryl/α,β-unsaturated/α-hetero) is 1. The average Bonchev–Trinajstić information content (AvgIpc) is 2.27. The number of sulfonamides is 1. The number of carbonyl (C=O) groups excluding carboxylic acids is 1. The summed E-state index contributed by atoms with van der Waals surface area (Å²) in [6, 6.07) is 8.30. The number of hydrogen-bond acceptors (Lipinski definition) is 3. The Morgan fingerprint density at radius 2 is 1.79 bits per heavy atom. The van der Waals surface area contributed by atoms with Gasteiger partial charge in [0.2, 0.25) is 10.0 Å². The van der Waals surface area contributed by atoms with Gasteiger partial charge in [-0.05, 0) is 24.8 Å². The van der Waals surface area contributed by atoms with Crippen LogP contribution in [0.25, 0.3) is 0 Å². The maximum absolute atomic E-state index is 12.0. The molecule has 0 amide bonds. The summed E-state index contributed by atoms with van der Waals surface area (Å²) >= 11 is 0. The monoisotopic (exact) mass is 283 g/mol. The zero-order chi connectivity index (χ0) is 14.5. The van der Waals surface area contributed by atoms with Crippen molar-refractivity contribution in [3.63, 3.8) is 0 Å². The number of nitrogens with one attached hydrogen (secondary N) is 1. The molecule has 0 aliphatic rings. The summed E-state index contributed by atoms with van der Waals surface area (Å²) in [5.41, 5.74) is 0.710. The molecule has 0 spiro atoms. The SMILES string of the molecule is CC(=O)C(CC(C)C)NS(=O)(=O)Cc1ccccc1. The van der Waals surface area contributed by atoms with Crippen molar-refractivity contribution in [2.75, 3.05) is 0 Å². The Bertz CT molecular complexity index is 509. The summed E-state index contributed by atoms with van der Waals surface area (Å²) in [6.45, 7) is 5.33. The smallest absolute Gasteiger partial charge is 0.216 e. The maximum Gasteiger partial charge on any atom is 0.216 e. The van der Waals surface area contributed by atoms with E-state index in [0.29, 0.717) is 12.0 Å². The Morgan fingerprint density at radius 1 is 1.21 bits per heavy atom. The summed E-state index contributed by atoms with van der Waals surface area (Å²) < 4.78 is 26.6. The van der Waals surface area contributed by atoms with Crippen molar-refractivity contribution < 1.29 is 13.2 Å². The van der Waals surface area contributed by atoms with E-state index in [9.17, 15) is 13.2 Å². The largest absolute Gasteiger partial charge is 0.298 e. The van der Waals surface area contributed by atoms with E-state index < -0.39 is 16.1 Å². The molecule has 1 unspecified atom stereocenters. The van der Waals surface area contributed by atoms with Gasteiger partial charge in [-0.3, -0.25) is 4.79 Å². The lowest BCUT2D eigenvalue weighted by molar-refractivity contribution is -0.118. The van der Waals surface area contributed by atoms with Crippen LogP contribution >= 0.6 is 0 Å². The molecule has 0 aromatic heterocycles. The topological polar surface area (TPSA) is 63.2 Å². The quantitative estimate of drug-likeness (QED) is 0.833. The molecule has 106 valence electrons. The van der Waals surface area contributed by atoms with Crippen LogP contribution in [0.2, 0.25) is 0 Å². The maximum atomic E-state index is 12.0. The van der Waals surface area contributed by atoms with Crippen LogP contribution in [0.1, 0.15) is 32.8 Å². The minimum absolute atomic E-state index is 0.101. The predicted octanol–water partition coefficient (Wildman–Crippen LogP) is 2.11. The van der Waals surface area contributed by atoms with Gasteiger partial charge in [0.25, 0.3) is 0 Å². The third kappa shape index (κ3) is 5.98. The highest BCUT2D eigenvalue weighted by Gasteiger charge is 2.22. The zero-order valence-corrected chi connectivity index (χ0v) is 12.4. The second kappa shape index (κ2) is 6.82. The molecule has 0 radical (unpaired) electrons. The molecule has 0 bridgehead atoms. The Balaban J connectivity index is 2.74. The summed E-state index contributed by atoms with van der Waals surface area (Å²) in [7, 11) is -3.50. The van der Waals surface area contributed by atoms with Gasteiger partial charge in [0.05, 0.1) is 11.8 Å². The van der Waals surface area contributed by atoms with Crippen LogP contribution in [0.4, 0.5) is 0 Å². The highest BCUT2D eigenvalue weighted by Crippen LogP contribution is 2.10. The molecule has 1 N–H and O–H groups in total. The van der Waals surface area contributed by atoms with E-state index in [2.05, 4.69) is 4.72 Å². The van der Waals surface area contributed by atoms with Crippen molar-refractivity contribution in [3.8, 4) is 0 Å². The van der Waals surface area contributed by atoms with Gasteiger partial charge in [0, 0.05) is 0 Å². The van der Waals surface area contributed by atoms with Gasteiger partial charge in [-0.1, -0.05) is 44.2 Å². The van der Waals surface area contributed by atoms with E-state index in [1.807, 2.05) is 19.9 Å². The molecule has 0 saturated carbocycles. The Morgan fingerprint density at radius 3 is 2.26 bits per heavy atom. The second-order valence-corrected chi connectivity index (χ2v) is 6.91. The van der Waals surface area contributed by atoms with E-state index in [1.54, 1.807) is 24.3 Å². The van der Waals surface area contributed by atoms with Gasteiger partial charge in [0.1, 0.15) is 5.78 Å². The molecule has 5 heteroatoms. The minimum atomic E-state index is -3.50. The molecule has 0 aliphatic carbocycles. The Hall–Kier alpha value is -1.20. The lowest BCUT2D eigenvalue weighted by Gasteiger charge is -2.18. The lowest BCUT2D eigenvalue weighted by atomic mass is 10.0. The fourth-order valence-corrected chi connectivity index (χ4v) is 3.23. The molecular formula is C14H21NO3S. The molecule has 1 rings (SSSR count). The van der Waals surface area contributed by atoms with Crippen LogP contribution in [0.5, 0.6) is 0 Å². The number of hydrogen-bond donors (Lipinski definition) is 1. The number of benzene rings is 1. The van der Waals surface area contributed by atoms with E-state index in [-0.39, 0.29) is 17.5 Å². The number of carbonyl (C=O) groups is 1. The second-order valence-electron chi connectivity index (χ2n) is 5.16. The van der Waals surface area contributed by atoms with Gasteiger partial charge < -0.3 is 0 Å². The van der Waals surface area contributed by atoms with E-state index >= 15 is 0 Å². The summed E-state index contributed by atoms with van der Waals surface area (Å²) in [5.74, 6) is 0.00840. The molecular weight excluding hydrogens is 262 g/mol. The first kappa shape index (κ1) is 15.9. The first-order valence-corrected chi connectivity index (χ1v) is 8.00. The molecule has 0 heterocycles. The molecule has 0 aliphatic heterocycles. The third-order valence-electron chi connectivity index (χ3n) is 2.72. The molecule has 19 heavy (non-hydrogen) atoms. The summed E-state index contributed by atoms with van der Waals surface area (Å²) in [5, 5.41) is 0. The molecule has 4 nitrogen and oxygen atoms in total. The van der Waals surface area contributed by atoms with E-state index in [0.717, 1.165) is 0 Å². The van der Waals surface area contributed by atoms with Crippen molar-refractivity contribution in [2.45, 2.75) is 39.0 Å². The van der Waals surface area contributed by atoms with Crippen molar-refractivity contribution in [2.24, 2.45) is 5.92 Å². The van der Waals surface area contributed by atoms with E-state index in [1.165, 1.54) is 6.92 Å². The summed E-state index contributed by atoms with van der Waals surface area (Å²) in [4.78, 5) is 11.5. The van der Waals surface area contributed by atoms with Crippen LogP contribution in [-0.4, -0.2) is 20.2 Å². The van der Waals surface area contributed by atoms with Crippen molar-refractivity contribution in [1.82, 2.24) is 4.72 Å². The molecule has 0 fully saturated rings. The molecule has 1 aromatic rings. The van der Waals surface area contributed by atoms with Crippen molar-refractivity contribution in [1.29, 1.82) is 0 Å². The highest BCUT2D eigenvalue weighted by atomic mass is 32.2. The minimum Gasteiger partial charge on any atom is -0.298 e. The van der Waals surface area contributed by atoms with Crippen LogP contribution in [-0.2, 0) is 20.6 Å². The lowest BCUT2D eigenvalue weighted by Crippen LogP contribution is -2.41. The Labute approximate surface area is 115 Å². The van der Waals surface area contributed by atoms with Gasteiger partial charge in [-0.15, -0.1) is 0 Å². The van der Waals surface area contributed by atoms with Crippen LogP contribution in [0.15, 0.2) is 30.3 Å². The van der Waals surface area contributed by atoms with Crippen LogP contribution in [0, 0.1) is 5.92 Å². The zero-order valence-electron chi connectivity index (χ0n) is 11.6. The van der Waals surface area contributed by atoms with Crippen LogP contribution < -0.4 is 4.72 Å². The van der Waals surface area contributed by atoms with Gasteiger partial charge in [-0.25, -0.2) is 13.1 Å². The van der Waals surface area contributed by atoms with Crippen molar-refractivity contribution in [3.05, 3.63) is 35.9 Å². The Kier molecular flexibility index (Phi) is 5.69. The number of rotatable bonds is 7. The normalized spacial score (nSPS) is 13.5. The van der Waals surface area contributed by atoms with E-state index in [4.69, 9.17) is 0 Å². The fourth-order valence-electron chi connectivity index (χ4n) is 1.82. The molecule has 1 atom stereocenters. The summed E-state index contributed by atoms with van der Waals surface area (Å²) in [6.07, 6.45) is 0.517. The first-order valence-electron chi connectivity index (χ1n) is 6.34. The number of ketones is 1. The highest BCUT2D eigenvalue weighted by molar-refractivity contribution is 7.88. The molecule has 0 saturated heterocycles. The van der Waals surface area contributed by atoms with Crippen LogP contribution in [0.3, 0.4) is 0 Å². The third-order valence-corrected chi connectivity index (χ3v) is 4.08. The molecule has 1 aromatic carbocycles. The predicted molar refractivity (Wildman–Crippen MR) is 76.1 cm³/mol. The fraction of sp³-hybridized carbons (Fsp3) is 0.500. The standard InChI is InChI=1S/C14H21NO3S/c1-11(2)9-14(12(3)16)15-19(17,18)10-13-7-5-4-6-8-13/h4-8,11,14-15H,9-10H2,1-3H3.